The van der Waals surface area contributed by atoms with Crippen LogP contribution < -0.4 is 14.8 Å². The Morgan fingerprint density at radius 1 is 1.21 bits per heavy atom. The minimum atomic E-state index is -3.39. The van der Waals surface area contributed by atoms with Crippen molar-refractivity contribution in [2.75, 3.05) is 11.9 Å². The van der Waals surface area contributed by atoms with E-state index in [2.05, 4.69) is 17.0 Å². The van der Waals surface area contributed by atoms with Gasteiger partial charge in [-0.05, 0) is 65.0 Å². The predicted molar refractivity (Wildman–Crippen MR) is 115 cm³/mol. The second-order valence-corrected chi connectivity index (χ2v) is 11.1. The van der Waals surface area contributed by atoms with Crippen molar-refractivity contribution in [1.29, 1.82) is 0 Å². The molecule has 1 aromatic carbocycles. The Balaban J connectivity index is 1.86. The first-order valence-corrected chi connectivity index (χ1v) is 11.8. The maximum atomic E-state index is 12.6. The number of aromatic hydroxyl groups is 1. The lowest BCUT2D eigenvalue weighted by atomic mass is 9.86. The Hall–Kier alpha value is -1.80. The lowest BCUT2D eigenvalue weighted by Gasteiger charge is -2.30. The average Bonchev–Trinajstić information content (AvgIpc) is 2.63. The van der Waals surface area contributed by atoms with Gasteiger partial charge in [-0.1, -0.05) is 13.3 Å². The Kier molecular flexibility index (Phi) is 7.94. The Bertz CT molecular complexity index is 794. The number of nitrogens with one attached hydrogen (secondary N) is 2. The average molecular weight is 427 g/mol. The zero-order valence-corrected chi connectivity index (χ0v) is 18.6. The van der Waals surface area contributed by atoms with E-state index >= 15 is 0 Å². The maximum Gasteiger partial charge on any atom is 0.227 e. The van der Waals surface area contributed by atoms with Gasteiger partial charge in [-0.3, -0.25) is 4.79 Å². The molecule has 0 radical (unpaired) electrons. The second-order valence-electron chi connectivity index (χ2n) is 8.66. The van der Waals surface area contributed by atoms with E-state index in [1.54, 1.807) is 32.9 Å². The molecular weight excluding hydrogens is 392 g/mol. The molecule has 7 nitrogen and oxygen atoms in total. The third kappa shape index (κ3) is 6.60. The van der Waals surface area contributed by atoms with Gasteiger partial charge in [0.2, 0.25) is 15.9 Å². The first kappa shape index (κ1) is 23.5. The van der Waals surface area contributed by atoms with Crippen LogP contribution >= 0.6 is 0 Å². The summed E-state index contributed by atoms with van der Waals surface area (Å²) >= 11 is 0. The Morgan fingerprint density at radius 2 is 1.86 bits per heavy atom. The fourth-order valence-corrected chi connectivity index (χ4v) is 4.19. The molecule has 0 aliphatic heterocycles. The van der Waals surface area contributed by atoms with Gasteiger partial charge in [0.1, 0.15) is 0 Å². The van der Waals surface area contributed by atoms with Gasteiger partial charge in [-0.15, -0.1) is 0 Å². The fraction of sp³-hybridized carbons (Fsp3) is 0.667. The predicted octanol–water partition coefficient (Wildman–Crippen LogP) is 3.79. The molecule has 1 fully saturated rings. The van der Waals surface area contributed by atoms with Crippen molar-refractivity contribution in [2.24, 2.45) is 5.92 Å². The van der Waals surface area contributed by atoms with Gasteiger partial charge in [-0.2, -0.15) is 0 Å². The van der Waals surface area contributed by atoms with Crippen LogP contribution in [0.15, 0.2) is 18.2 Å². The number of carbonyl (C=O) groups excluding carboxylic acids is 1. The van der Waals surface area contributed by atoms with Crippen LogP contribution in [0.5, 0.6) is 11.5 Å². The van der Waals surface area contributed by atoms with E-state index in [-0.39, 0.29) is 23.6 Å². The number of hydrogen-bond acceptors (Lipinski definition) is 5. The molecule has 1 saturated carbocycles. The van der Waals surface area contributed by atoms with E-state index in [4.69, 9.17) is 4.74 Å². The maximum absolute atomic E-state index is 12.6. The number of benzene rings is 1. The first-order chi connectivity index (χ1) is 13.5. The molecule has 1 aromatic rings. The molecular formula is C21H34N2O5S. The first-order valence-electron chi connectivity index (χ1n) is 10.3. The molecule has 2 rings (SSSR count). The lowest BCUT2D eigenvalue weighted by Crippen LogP contribution is -2.46. The highest BCUT2D eigenvalue weighted by molar-refractivity contribution is 7.90. The highest BCUT2D eigenvalue weighted by atomic mass is 32.2. The molecule has 0 unspecified atom stereocenters. The number of unbranched alkanes of at least 4 members (excludes halogenated alkanes) is 1. The van der Waals surface area contributed by atoms with Crippen molar-refractivity contribution in [3.05, 3.63) is 18.2 Å². The molecule has 29 heavy (non-hydrogen) atoms. The molecule has 0 heterocycles. The third-order valence-electron chi connectivity index (χ3n) is 5.21. The van der Waals surface area contributed by atoms with Crippen molar-refractivity contribution in [3.63, 3.8) is 0 Å². The number of phenolic OH excluding ortho intramolecular Hbond substituents is 1. The van der Waals surface area contributed by atoms with Gasteiger partial charge in [0, 0.05) is 23.7 Å². The van der Waals surface area contributed by atoms with Crippen LogP contribution in [0.2, 0.25) is 0 Å². The smallest absolute Gasteiger partial charge is 0.227 e. The van der Waals surface area contributed by atoms with E-state index in [9.17, 15) is 18.3 Å². The van der Waals surface area contributed by atoms with Crippen molar-refractivity contribution in [3.8, 4) is 11.5 Å². The van der Waals surface area contributed by atoms with Gasteiger partial charge in [0.05, 0.1) is 11.4 Å². The number of rotatable bonds is 8. The van der Waals surface area contributed by atoms with Crippen LogP contribution in [0.1, 0.15) is 66.2 Å². The van der Waals surface area contributed by atoms with Crippen molar-refractivity contribution >= 4 is 21.6 Å². The standard InChI is InChI=1S/C21H34N2O5S/c1-5-6-13-28-19-12-11-17(14-18(19)24)22-20(25)15-7-9-16(10-8-15)23-29(26,27)21(2,3)4/h11-12,14-16,23-24H,5-10,13H2,1-4H3,(H,22,25). The minimum absolute atomic E-state index is 0.000742. The molecule has 0 saturated heterocycles. The van der Waals surface area contributed by atoms with Gasteiger partial charge >= 0.3 is 0 Å². The quantitative estimate of drug-likeness (QED) is 0.549. The number of hydrogen-bond donors (Lipinski definition) is 3. The SMILES string of the molecule is CCCCOc1ccc(NC(=O)C2CCC(NS(=O)(=O)C(C)(C)C)CC2)cc1O. The van der Waals surface area contributed by atoms with Crippen LogP contribution in [0, 0.1) is 5.92 Å². The molecule has 1 aliphatic rings. The number of phenols is 1. The topological polar surface area (TPSA) is 105 Å². The summed E-state index contributed by atoms with van der Waals surface area (Å²) < 4.78 is 32.0. The van der Waals surface area contributed by atoms with E-state index in [0.29, 0.717) is 43.7 Å². The molecule has 0 aromatic heterocycles. The molecule has 0 atom stereocenters. The molecule has 3 N–H and O–H groups in total. The Labute approximate surface area is 174 Å². The van der Waals surface area contributed by atoms with E-state index < -0.39 is 14.8 Å². The van der Waals surface area contributed by atoms with Gasteiger partial charge < -0.3 is 15.2 Å². The summed E-state index contributed by atoms with van der Waals surface area (Å²) in [5.74, 6) is 0.122. The Morgan fingerprint density at radius 3 is 2.41 bits per heavy atom. The van der Waals surface area contributed by atoms with Gasteiger partial charge in [0.15, 0.2) is 11.5 Å². The number of ether oxygens (including phenoxy) is 1. The highest BCUT2D eigenvalue weighted by Crippen LogP contribution is 2.31. The molecule has 1 amide bonds. The summed E-state index contributed by atoms with van der Waals surface area (Å²) in [5.41, 5.74) is 0.519. The molecule has 8 heteroatoms. The number of amides is 1. The van der Waals surface area contributed by atoms with Crippen molar-refractivity contribution in [1.82, 2.24) is 4.72 Å². The number of anilines is 1. The summed E-state index contributed by atoms with van der Waals surface area (Å²) in [6, 6.07) is 4.72. The minimum Gasteiger partial charge on any atom is -0.504 e. The van der Waals surface area contributed by atoms with Crippen molar-refractivity contribution < 1.29 is 23.1 Å². The monoisotopic (exact) mass is 426 g/mol. The molecule has 1 aliphatic carbocycles. The van der Waals surface area contributed by atoms with Crippen LogP contribution in [-0.4, -0.2) is 36.8 Å². The summed E-state index contributed by atoms with van der Waals surface area (Å²) in [5, 5.41) is 12.9. The lowest BCUT2D eigenvalue weighted by molar-refractivity contribution is -0.120. The fourth-order valence-electron chi connectivity index (χ4n) is 3.16. The third-order valence-corrected chi connectivity index (χ3v) is 7.46. The van der Waals surface area contributed by atoms with Crippen LogP contribution in [0.25, 0.3) is 0 Å². The van der Waals surface area contributed by atoms with Crippen LogP contribution in [0.3, 0.4) is 0 Å². The molecule has 0 bridgehead atoms. The van der Waals surface area contributed by atoms with Crippen molar-refractivity contribution in [2.45, 2.75) is 77.0 Å². The van der Waals surface area contributed by atoms with Crippen LogP contribution in [-0.2, 0) is 14.8 Å². The van der Waals surface area contributed by atoms with E-state index in [1.807, 2.05) is 0 Å². The highest BCUT2D eigenvalue weighted by Gasteiger charge is 2.34. The summed E-state index contributed by atoms with van der Waals surface area (Å²) in [6.07, 6.45) is 4.41. The summed E-state index contributed by atoms with van der Waals surface area (Å²) in [6.45, 7) is 7.62. The zero-order valence-electron chi connectivity index (χ0n) is 17.8. The largest absolute Gasteiger partial charge is 0.504 e. The van der Waals surface area contributed by atoms with E-state index in [0.717, 1.165) is 12.8 Å². The molecule has 164 valence electrons. The summed E-state index contributed by atoms with van der Waals surface area (Å²) in [4.78, 5) is 12.6. The van der Waals surface area contributed by atoms with Gasteiger partial charge in [0.25, 0.3) is 0 Å². The summed E-state index contributed by atoms with van der Waals surface area (Å²) in [7, 11) is -3.39. The molecule has 0 spiro atoms. The normalized spacial score (nSPS) is 20.3. The van der Waals surface area contributed by atoms with E-state index in [1.165, 1.54) is 6.07 Å². The zero-order chi connectivity index (χ0) is 21.7. The number of carbonyl (C=O) groups is 1. The van der Waals surface area contributed by atoms with Crippen LogP contribution in [0.4, 0.5) is 5.69 Å². The number of sulfonamides is 1. The second kappa shape index (κ2) is 9.80. The van der Waals surface area contributed by atoms with Gasteiger partial charge in [-0.25, -0.2) is 13.1 Å².